The minimum atomic E-state index is 0.421. The zero-order valence-corrected chi connectivity index (χ0v) is 12.7. The van der Waals surface area contributed by atoms with E-state index in [1.165, 1.54) is 25.7 Å². The summed E-state index contributed by atoms with van der Waals surface area (Å²) >= 11 is 0. The lowest BCUT2D eigenvalue weighted by atomic mass is 9.75. The lowest BCUT2D eigenvalue weighted by Crippen LogP contribution is -2.48. The Morgan fingerprint density at radius 3 is 2.89 bits per heavy atom. The van der Waals surface area contributed by atoms with Crippen LogP contribution in [0, 0.1) is 5.41 Å². The normalized spacial score (nSPS) is 23.2. The van der Waals surface area contributed by atoms with Crippen LogP contribution < -0.4 is 16.6 Å². The van der Waals surface area contributed by atoms with Gasteiger partial charge in [0.2, 0.25) is 5.96 Å². The first-order valence-corrected chi connectivity index (χ1v) is 7.43. The fourth-order valence-corrected chi connectivity index (χ4v) is 2.65. The molecule has 1 rings (SSSR count). The van der Waals surface area contributed by atoms with Gasteiger partial charge in [-0.05, 0) is 38.0 Å². The number of aliphatic imine (C=N–C) groups is 1. The van der Waals surface area contributed by atoms with E-state index in [2.05, 4.69) is 29.6 Å². The topological polar surface area (TPSA) is 71.7 Å². The summed E-state index contributed by atoms with van der Waals surface area (Å²) in [4.78, 5) is 4.45. The van der Waals surface area contributed by atoms with Gasteiger partial charge in [0.05, 0.1) is 0 Å². The van der Waals surface area contributed by atoms with Crippen molar-refractivity contribution in [3.8, 4) is 0 Å². The summed E-state index contributed by atoms with van der Waals surface area (Å²) in [6, 6.07) is 0.477. The molecule has 1 aliphatic rings. The Morgan fingerprint density at radius 2 is 2.26 bits per heavy atom. The van der Waals surface area contributed by atoms with E-state index in [-0.39, 0.29) is 0 Å². The van der Waals surface area contributed by atoms with Gasteiger partial charge in [0.25, 0.3) is 0 Å². The highest BCUT2D eigenvalue weighted by Crippen LogP contribution is 2.34. The van der Waals surface area contributed by atoms with Gasteiger partial charge >= 0.3 is 0 Å². The maximum Gasteiger partial charge on any atom is 0.205 e. The van der Waals surface area contributed by atoms with E-state index in [0.717, 1.165) is 26.2 Å². The van der Waals surface area contributed by atoms with Crippen LogP contribution in [0.5, 0.6) is 0 Å². The largest absolute Gasteiger partial charge is 0.382 e. The summed E-state index contributed by atoms with van der Waals surface area (Å²) in [7, 11) is 0. The highest BCUT2D eigenvalue weighted by Gasteiger charge is 2.28. The second kappa shape index (κ2) is 8.38. The van der Waals surface area contributed by atoms with Crippen molar-refractivity contribution < 1.29 is 4.74 Å². The van der Waals surface area contributed by atoms with Crippen LogP contribution in [0.1, 0.15) is 52.9 Å². The van der Waals surface area contributed by atoms with Gasteiger partial charge in [-0.1, -0.05) is 20.3 Å². The van der Waals surface area contributed by atoms with Crippen molar-refractivity contribution in [2.45, 2.75) is 58.9 Å². The minimum absolute atomic E-state index is 0.421. The number of guanidine groups is 1. The van der Waals surface area contributed by atoms with Crippen LogP contribution >= 0.6 is 0 Å². The molecule has 0 saturated heterocycles. The van der Waals surface area contributed by atoms with Crippen molar-refractivity contribution in [1.82, 2.24) is 10.7 Å². The van der Waals surface area contributed by atoms with Gasteiger partial charge in [-0.15, -0.1) is 0 Å². The van der Waals surface area contributed by atoms with Crippen LogP contribution in [0.3, 0.4) is 0 Å². The summed E-state index contributed by atoms with van der Waals surface area (Å²) in [5, 5.41) is 3.43. The molecule has 0 radical (unpaired) electrons. The van der Waals surface area contributed by atoms with Crippen LogP contribution in [-0.4, -0.2) is 31.8 Å². The van der Waals surface area contributed by atoms with Crippen molar-refractivity contribution in [1.29, 1.82) is 0 Å². The Bertz CT molecular complexity index is 279. The van der Waals surface area contributed by atoms with Crippen molar-refractivity contribution in [3.05, 3.63) is 0 Å². The first-order valence-electron chi connectivity index (χ1n) is 7.43. The molecule has 112 valence electrons. The van der Waals surface area contributed by atoms with Crippen LogP contribution in [0.15, 0.2) is 4.99 Å². The number of hydrazine groups is 1. The summed E-state index contributed by atoms with van der Waals surface area (Å²) in [6.07, 6.45) is 5.88. The van der Waals surface area contributed by atoms with Crippen LogP contribution in [0.4, 0.5) is 0 Å². The molecule has 0 aromatic carbocycles. The third-order valence-electron chi connectivity index (χ3n) is 3.60. The number of nitrogens with zero attached hydrogens (tertiary/aromatic N) is 1. The highest BCUT2D eigenvalue weighted by molar-refractivity contribution is 5.79. The zero-order chi connectivity index (χ0) is 14.1. The van der Waals surface area contributed by atoms with E-state index in [9.17, 15) is 0 Å². The molecule has 4 N–H and O–H groups in total. The molecule has 1 unspecified atom stereocenters. The second-order valence-electron chi connectivity index (χ2n) is 6.03. The van der Waals surface area contributed by atoms with Crippen molar-refractivity contribution >= 4 is 5.96 Å². The molecule has 0 aromatic heterocycles. The van der Waals surface area contributed by atoms with E-state index in [4.69, 9.17) is 10.6 Å². The molecule has 5 heteroatoms. The number of ether oxygens (including phenoxy) is 1. The minimum Gasteiger partial charge on any atom is -0.382 e. The van der Waals surface area contributed by atoms with Crippen molar-refractivity contribution in [3.63, 3.8) is 0 Å². The van der Waals surface area contributed by atoms with Gasteiger partial charge in [0.15, 0.2) is 0 Å². The van der Waals surface area contributed by atoms with Gasteiger partial charge in [-0.2, -0.15) is 0 Å². The zero-order valence-electron chi connectivity index (χ0n) is 12.7. The first-order chi connectivity index (χ1) is 9.07. The number of hydrogen-bond acceptors (Lipinski definition) is 3. The SMILES string of the molecule is CCOCCCN=C(NN)NC1CCCC(C)(C)C1. The average molecular weight is 270 g/mol. The Labute approximate surface area is 117 Å². The molecule has 0 bridgehead atoms. The second-order valence-corrected chi connectivity index (χ2v) is 6.03. The molecule has 0 aromatic rings. The molecule has 1 saturated carbocycles. The molecular weight excluding hydrogens is 240 g/mol. The predicted octanol–water partition coefficient (Wildman–Crippen LogP) is 1.79. The van der Waals surface area contributed by atoms with Crippen molar-refractivity contribution in [2.75, 3.05) is 19.8 Å². The molecule has 1 fully saturated rings. The maximum absolute atomic E-state index is 5.52. The third-order valence-corrected chi connectivity index (χ3v) is 3.60. The van der Waals surface area contributed by atoms with Gasteiger partial charge in [0.1, 0.15) is 0 Å². The number of hydrogen-bond donors (Lipinski definition) is 3. The van der Waals surface area contributed by atoms with Gasteiger partial charge in [-0.25, -0.2) is 5.84 Å². The summed E-state index contributed by atoms with van der Waals surface area (Å²) in [5.74, 6) is 6.23. The van der Waals surface area contributed by atoms with Crippen molar-refractivity contribution in [2.24, 2.45) is 16.3 Å². The van der Waals surface area contributed by atoms with Crippen LogP contribution in [-0.2, 0) is 4.74 Å². The summed E-state index contributed by atoms with van der Waals surface area (Å²) < 4.78 is 5.28. The van der Waals surface area contributed by atoms with Crippen LogP contribution in [0.2, 0.25) is 0 Å². The Balaban J connectivity index is 2.32. The first kappa shape index (κ1) is 16.2. The third kappa shape index (κ3) is 6.78. The monoisotopic (exact) mass is 270 g/mol. The standard InChI is InChI=1S/C14H30N4O/c1-4-19-10-6-9-16-13(18-15)17-12-7-5-8-14(2,3)11-12/h12H,4-11,15H2,1-3H3,(H2,16,17,18). The predicted molar refractivity (Wildman–Crippen MR) is 79.9 cm³/mol. The Kier molecular flexibility index (Phi) is 7.16. The van der Waals surface area contributed by atoms with Gasteiger partial charge < -0.3 is 10.1 Å². The molecule has 1 aliphatic carbocycles. The fraction of sp³-hybridized carbons (Fsp3) is 0.929. The molecule has 1 atom stereocenters. The number of nitrogens with one attached hydrogen (secondary N) is 2. The average Bonchev–Trinajstić information content (AvgIpc) is 2.36. The van der Waals surface area contributed by atoms with Crippen LogP contribution in [0.25, 0.3) is 0 Å². The fourth-order valence-electron chi connectivity index (χ4n) is 2.65. The molecular formula is C14H30N4O. The molecule has 0 spiro atoms. The summed E-state index contributed by atoms with van der Waals surface area (Å²) in [6.45, 7) is 8.92. The smallest absolute Gasteiger partial charge is 0.205 e. The molecule has 0 aliphatic heterocycles. The maximum atomic E-state index is 5.52. The highest BCUT2D eigenvalue weighted by atomic mass is 16.5. The van der Waals surface area contributed by atoms with Gasteiger partial charge in [-0.3, -0.25) is 10.4 Å². The van der Waals surface area contributed by atoms with E-state index < -0.39 is 0 Å². The number of rotatable bonds is 6. The Hall–Kier alpha value is -0.810. The lowest BCUT2D eigenvalue weighted by molar-refractivity contribution is 0.146. The lowest BCUT2D eigenvalue weighted by Gasteiger charge is -2.36. The molecule has 0 amide bonds. The van der Waals surface area contributed by atoms with E-state index in [1.807, 2.05) is 6.92 Å². The van der Waals surface area contributed by atoms with E-state index in [0.29, 0.717) is 17.4 Å². The molecule has 5 nitrogen and oxygen atoms in total. The quantitative estimate of drug-likeness (QED) is 0.226. The molecule has 19 heavy (non-hydrogen) atoms. The Morgan fingerprint density at radius 1 is 1.47 bits per heavy atom. The van der Waals surface area contributed by atoms with E-state index >= 15 is 0 Å². The summed E-state index contributed by atoms with van der Waals surface area (Å²) in [5.41, 5.74) is 3.09. The number of nitrogens with two attached hydrogens (primary N) is 1. The van der Waals surface area contributed by atoms with E-state index in [1.54, 1.807) is 0 Å². The molecule has 0 heterocycles. The van der Waals surface area contributed by atoms with Gasteiger partial charge in [0, 0.05) is 25.8 Å².